The van der Waals surface area contributed by atoms with Crippen LogP contribution in [-0.2, 0) is 12.8 Å². The lowest BCUT2D eigenvalue weighted by molar-refractivity contribution is 0.249. The van der Waals surface area contributed by atoms with Crippen molar-refractivity contribution in [3.63, 3.8) is 0 Å². The van der Waals surface area contributed by atoms with Crippen LogP contribution in [-0.4, -0.2) is 0 Å². The number of unbranched alkanes of at least 4 members (excludes halogenated alkanes) is 2. The molecule has 0 aliphatic heterocycles. The van der Waals surface area contributed by atoms with E-state index in [1.54, 1.807) is 17.7 Å². The third-order valence-corrected chi connectivity index (χ3v) is 6.25. The van der Waals surface area contributed by atoms with E-state index in [-0.39, 0.29) is 5.82 Å². The molecule has 0 amide bonds. The minimum Gasteiger partial charge on any atom is -0.207 e. The molecule has 0 heterocycles. The number of fused-ring (bicyclic) bond motifs is 1. The SMILES string of the molecule is CCCCCC1CCC(CCC2=CCc3cc(F)ccc3C2)CC1. The first kappa shape index (κ1) is 17.7. The zero-order chi connectivity index (χ0) is 16.8. The average Bonchev–Trinajstić information content (AvgIpc) is 2.61. The van der Waals surface area contributed by atoms with E-state index < -0.39 is 0 Å². The Morgan fingerprint density at radius 1 is 0.958 bits per heavy atom. The molecule has 0 atom stereocenters. The van der Waals surface area contributed by atoms with Crippen LogP contribution in [0.25, 0.3) is 0 Å². The van der Waals surface area contributed by atoms with Crippen molar-refractivity contribution in [3.8, 4) is 0 Å². The van der Waals surface area contributed by atoms with E-state index in [4.69, 9.17) is 0 Å². The first-order chi connectivity index (χ1) is 11.7. The fourth-order valence-corrected chi connectivity index (χ4v) is 4.60. The van der Waals surface area contributed by atoms with Crippen LogP contribution in [0.1, 0.15) is 82.3 Å². The predicted octanol–water partition coefficient (Wildman–Crippen LogP) is 7.02. The van der Waals surface area contributed by atoms with Crippen LogP contribution in [0.3, 0.4) is 0 Å². The molecule has 1 aromatic carbocycles. The Balaban J connectivity index is 1.38. The van der Waals surface area contributed by atoms with Gasteiger partial charge in [-0.2, -0.15) is 0 Å². The molecule has 0 bridgehead atoms. The Morgan fingerprint density at radius 3 is 2.46 bits per heavy atom. The molecule has 3 rings (SSSR count). The minimum absolute atomic E-state index is 0.0960. The molecular weight excluding hydrogens is 295 g/mol. The quantitative estimate of drug-likeness (QED) is 0.373. The van der Waals surface area contributed by atoms with Gasteiger partial charge in [-0.3, -0.25) is 0 Å². The van der Waals surface area contributed by atoms with Gasteiger partial charge in [-0.05, 0) is 60.8 Å². The van der Waals surface area contributed by atoms with Crippen LogP contribution in [0.4, 0.5) is 4.39 Å². The molecule has 24 heavy (non-hydrogen) atoms. The van der Waals surface area contributed by atoms with E-state index in [1.165, 1.54) is 75.3 Å². The van der Waals surface area contributed by atoms with E-state index in [0.29, 0.717) is 0 Å². The summed E-state index contributed by atoms with van der Waals surface area (Å²) in [7, 11) is 0. The molecule has 1 fully saturated rings. The first-order valence-corrected chi connectivity index (χ1v) is 10.2. The van der Waals surface area contributed by atoms with Gasteiger partial charge in [-0.1, -0.05) is 76.0 Å². The van der Waals surface area contributed by atoms with Gasteiger partial charge in [0.2, 0.25) is 0 Å². The van der Waals surface area contributed by atoms with Gasteiger partial charge in [0, 0.05) is 0 Å². The molecule has 0 aromatic heterocycles. The fraction of sp³-hybridized carbons (Fsp3) is 0.652. The van der Waals surface area contributed by atoms with Crippen molar-refractivity contribution in [1.82, 2.24) is 0 Å². The van der Waals surface area contributed by atoms with E-state index >= 15 is 0 Å². The van der Waals surface area contributed by atoms with Gasteiger partial charge in [0.1, 0.15) is 5.82 Å². The summed E-state index contributed by atoms with van der Waals surface area (Å²) in [5, 5.41) is 0. The molecule has 0 unspecified atom stereocenters. The summed E-state index contributed by atoms with van der Waals surface area (Å²) in [6, 6.07) is 5.31. The molecule has 2 aliphatic rings. The number of hydrogen-bond acceptors (Lipinski definition) is 0. The van der Waals surface area contributed by atoms with Crippen molar-refractivity contribution < 1.29 is 4.39 Å². The Morgan fingerprint density at radius 2 is 1.71 bits per heavy atom. The summed E-state index contributed by atoms with van der Waals surface area (Å²) in [4.78, 5) is 0. The van der Waals surface area contributed by atoms with Crippen LogP contribution in [0.2, 0.25) is 0 Å². The van der Waals surface area contributed by atoms with Gasteiger partial charge in [0.25, 0.3) is 0 Å². The van der Waals surface area contributed by atoms with Crippen molar-refractivity contribution in [2.75, 3.05) is 0 Å². The van der Waals surface area contributed by atoms with E-state index in [0.717, 1.165) is 24.7 Å². The van der Waals surface area contributed by atoms with Crippen LogP contribution < -0.4 is 0 Å². The molecule has 0 radical (unpaired) electrons. The van der Waals surface area contributed by atoms with Crippen LogP contribution >= 0.6 is 0 Å². The zero-order valence-electron chi connectivity index (χ0n) is 15.3. The maximum absolute atomic E-state index is 13.3. The van der Waals surface area contributed by atoms with Crippen LogP contribution in [0, 0.1) is 17.7 Å². The predicted molar refractivity (Wildman–Crippen MR) is 101 cm³/mol. The molecule has 1 heteroatoms. The Labute approximate surface area is 147 Å². The summed E-state index contributed by atoms with van der Waals surface area (Å²) in [5.74, 6) is 1.87. The number of allylic oxidation sites excluding steroid dienone is 2. The summed E-state index contributed by atoms with van der Waals surface area (Å²) in [6.45, 7) is 2.30. The van der Waals surface area contributed by atoms with Gasteiger partial charge in [0.15, 0.2) is 0 Å². The Hall–Kier alpha value is -1.11. The second kappa shape index (κ2) is 8.83. The third-order valence-electron chi connectivity index (χ3n) is 6.25. The molecule has 0 N–H and O–H groups in total. The molecule has 0 saturated heterocycles. The standard InChI is InChI=1S/C23H33F/c1-2-3-4-5-18-6-8-19(9-7-18)10-11-20-12-13-22-17-23(24)15-14-21(22)16-20/h12,14-15,17-19H,2-11,13,16H2,1H3. The van der Waals surface area contributed by atoms with Gasteiger partial charge >= 0.3 is 0 Å². The van der Waals surface area contributed by atoms with Crippen LogP contribution in [0.15, 0.2) is 29.8 Å². The molecule has 0 nitrogen and oxygen atoms in total. The first-order valence-electron chi connectivity index (χ1n) is 10.2. The maximum atomic E-state index is 13.3. The number of benzene rings is 1. The fourth-order valence-electron chi connectivity index (χ4n) is 4.60. The normalized spacial score (nSPS) is 23.7. The largest absolute Gasteiger partial charge is 0.207 e. The highest BCUT2D eigenvalue weighted by Gasteiger charge is 2.21. The van der Waals surface area contributed by atoms with Crippen molar-refractivity contribution >= 4 is 0 Å². The zero-order valence-corrected chi connectivity index (χ0v) is 15.3. The smallest absolute Gasteiger partial charge is 0.123 e. The summed E-state index contributed by atoms with van der Waals surface area (Å²) in [6.07, 6.45) is 18.5. The second-order valence-corrected chi connectivity index (χ2v) is 8.08. The number of rotatable bonds is 7. The highest BCUT2D eigenvalue weighted by molar-refractivity contribution is 5.37. The van der Waals surface area contributed by atoms with Crippen LogP contribution in [0.5, 0.6) is 0 Å². The Bertz CT molecular complexity index is 549. The number of hydrogen-bond donors (Lipinski definition) is 0. The summed E-state index contributed by atoms with van der Waals surface area (Å²) in [5.41, 5.74) is 4.11. The molecule has 132 valence electrons. The van der Waals surface area contributed by atoms with Crippen molar-refractivity contribution in [1.29, 1.82) is 0 Å². The maximum Gasteiger partial charge on any atom is 0.123 e. The minimum atomic E-state index is -0.0960. The average molecular weight is 329 g/mol. The second-order valence-electron chi connectivity index (χ2n) is 8.08. The highest BCUT2D eigenvalue weighted by Crippen LogP contribution is 2.35. The van der Waals surface area contributed by atoms with Crippen molar-refractivity contribution in [2.45, 2.75) is 84.0 Å². The Kier molecular flexibility index (Phi) is 6.51. The summed E-state index contributed by atoms with van der Waals surface area (Å²) >= 11 is 0. The van der Waals surface area contributed by atoms with E-state index in [1.807, 2.05) is 6.07 Å². The molecule has 0 spiro atoms. The molecule has 1 aromatic rings. The molecular formula is C23H33F. The lowest BCUT2D eigenvalue weighted by Gasteiger charge is -2.29. The van der Waals surface area contributed by atoms with Crippen molar-refractivity contribution in [3.05, 3.63) is 46.8 Å². The van der Waals surface area contributed by atoms with E-state index in [2.05, 4.69) is 13.0 Å². The molecule has 2 aliphatic carbocycles. The van der Waals surface area contributed by atoms with Gasteiger partial charge < -0.3 is 0 Å². The van der Waals surface area contributed by atoms with Crippen molar-refractivity contribution in [2.24, 2.45) is 11.8 Å². The molecule has 1 saturated carbocycles. The third kappa shape index (κ3) is 4.94. The lowest BCUT2D eigenvalue weighted by Crippen LogP contribution is -2.15. The summed E-state index contributed by atoms with van der Waals surface area (Å²) < 4.78 is 13.3. The van der Waals surface area contributed by atoms with Gasteiger partial charge in [0.05, 0.1) is 0 Å². The van der Waals surface area contributed by atoms with Gasteiger partial charge in [-0.15, -0.1) is 0 Å². The van der Waals surface area contributed by atoms with Gasteiger partial charge in [-0.25, -0.2) is 4.39 Å². The van der Waals surface area contributed by atoms with E-state index in [9.17, 15) is 4.39 Å². The lowest BCUT2D eigenvalue weighted by atomic mass is 9.77. The monoisotopic (exact) mass is 328 g/mol. The highest BCUT2D eigenvalue weighted by atomic mass is 19.1. The topological polar surface area (TPSA) is 0 Å². The number of halogens is 1.